The van der Waals surface area contributed by atoms with Gasteiger partial charge in [-0.3, -0.25) is 4.79 Å². The molecule has 5 rings (SSSR count). The van der Waals surface area contributed by atoms with Gasteiger partial charge in [-0.15, -0.1) is 0 Å². The van der Waals surface area contributed by atoms with E-state index in [0.29, 0.717) is 18.9 Å². The highest BCUT2D eigenvalue weighted by Gasteiger charge is 2.34. The fourth-order valence-corrected chi connectivity index (χ4v) is 7.15. The number of carbonyl (C=O) groups is 1. The summed E-state index contributed by atoms with van der Waals surface area (Å²) >= 11 is 0. The molecule has 1 unspecified atom stereocenters. The Kier molecular flexibility index (Phi) is 12.3. The highest BCUT2D eigenvalue weighted by Crippen LogP contribution is 2.41. The average Bonchev–Trinajstić information content (AvgIpc) is 3.13. The second-order valence-electron chi connectivity index (χ2n) is 12.6. The molecule has 4 aromatic carbocycles. The predicted octanol–water partition coefficient (Wildman–Crippen LogP) is 8.18. The summed E-state index contributed by atoms with van der Waals surface area (Å²) in [6.45, 7) is 4.05. The van der Waals surface area contributed by atoms with E-state index in [1.165, 1.54) is 36.1 Å². The molecule has 0 aliphatic carbocycles. The molecule has 0 saturated carbocycles. The van der Waals surface area contributed by atoms with E-state index in [2.05, 4.69) is 95.1 Å². The number of nitrogens with zero attached hydrogens (tertiary/aromatic N) is 1. The van der Waals surface area contributed by atoms with Crippen molar-refractivity contribution in [3.8, 4) is 11.5 Å². The predicted molar refractivity (Wildman–Crippen MR) is 188 cm³/mol. The first kappa shape index (κ1) is 33.3. The molecule has 5 nitrogen and oxygen atoms in total. The third-order valence-corrected chi connectivity index (χ3v) is 9.73. The number of rotatable bonds is 16. The van der Waals surface area contributed by atoms with Crippen molar-refractivity contribution in [1.82, 2.24) is 10.2 Å². The number of benzene rings is 4. The number of hydrogen-bond acceptors (Lipinski definition) is 4. The van der Waals surface area contributed by atoms with E-state index in [4.69, 9.17) is 9.47 Å². The monoisotopic (exact) mass is 618 g/mol. The fourth-order valence-electron chi connectivity index (χ4n) is 7.15. The molecule has 1 atom stereocenters. The molecule has 46 heavy (non-hydrogen) atoms. The van der Waals surface area contributed by atoms with Crippen molar-refractivity contribution >= 4 is 5.91 Å². The SMILES string of the molecule is COc1ccc(CCC(=O)NCCCC(CCCN2CCCC(c3ccc(OC)cc3)C2)(c2ccccc2)c2ccccc2)cc1. The Morgan fingerprint density at radius 1 is 0.783 bits per heavy atom. The van der Waals surface area contributed by atoms with Gasteiger partial charge in [0, 0.05) is 24.9 Å². The van der Waals surface area contributed by atoms with Gasteiger partial charge in [-0.1, -0.05) is 84.9 Å². The van der Waals surface area contributed by atoms with Gasteiger partial charge < -0.3 is 19.7 Å². The number of hydrogen-bond donors (Lipinski definition) is 1. The molecular weight excluding hydrogens is 568 g/mol. The van der Waals surface area contributed by atoms with Crippen LogP contribution in [0.4, 0.5) is 0 Å². The van der Waals surface area contributed by atoms with Crippen LogP contribution in [-0.2, 0) is 16.6 Å². The molecule has 1 aliphatic rings. The van der Waals surface area contributed by atoms with Crippen molar-refractivity contribution in [3.63, 3.8) is 0 Å². The quantitative estimate of drug-likeness (QED) is 0.129. The molecule has 1 N–H and O–H groups in total. The fraction of sp³-hybridized carbons (Fsp3) is 0.390. The number of methoxy groups -OCH3 is 2. The molecule has 5 heteroatoms. The van der Waals surface area contributed by atoms with Crippen molar-refractivity contribution < 1.29 is 14.3 Å². The van der Waals surface area contributed by atoms with Crippen LogP contribution in [0.3, 0.4) is 0 Å². The van der Waals surface area contributed by atoms with Gasteiger partial charge in [0.1, 0.15) is 11.5 Å². The molecule has 4 aromatic rings. The van der Waals surface area contributed by atoms with Crippen molar-refractivity contribution in [2.75, 3.05) is 40.4 Å². The second-order valence-corrected chi connectivity index (χ2v) is 12.6. The molecule has 0 bridgehead atoms. The summed E-state index contributed by atoms with van der Waals surface area (Å²) in [4.78, 5) is 15.4. The second kappa shape index (κ2) is 17.0. The summed E-state index contributed by atoms with van der Waals surface area (Å²) < 4.78 is 10.6. The smallest absolute Gasteiger partial charge is 0.220 e. The lowest BCUT2D eigenvalue weighted by Crippen LogP contribution is -2.36. The lowest BCUT2D eigenvalue weighted by molar-refractivity contribution is -0.121. The molecule has 1 heterocycles. The largest absolute Gasteiger partial charge is 0.497 e. The van der Waals surface area contributed by atoms with Gasteiger partial charge in [0.2, 0.25) is 5.91 Å². The summed E-state index contributed by atoms with van der Waals surface area (Å²) in [7, 11) is 3.39. The standard InChI is InChI=1S/C41H50N2O3/c1-45-38-22-17-33(18-23-38)19-26-40(44)42-29-10-27-41(36-13-5-3-6-14-36,37-15-7-4-8-16-37)28-11-31-43-30-9-12-35(32-43)34-20-24-39(46-2)25-21-34/h3-8,13-18,20-25,35H,9-12,19,26-32H2,1-2H3,(H,42,44). The number of carbonyl (C=O) groups excluding carboxylic acids is 1. The van der Waals surface area contributed by atoms with Crippen molar-refractivity contribution in [2.45, 2.75) is 62.7 Å². The third-order valence-electron chi connectivity index (χ3n) is 9.73. The Morgan fingerprint density at radius 2 is 1.37 bits per heavy atom. The average molecular weight is 619 g/mol. The van der Waals surface area contributed by atoms with Gasteiger partial charge in [0.25, 0.3) is 0 Å². The Bertz CT molecular complexity index is 1420. The van der Waals surface area contributed by atoms with Crippen LogP contribution in [0.1, 0.15) is 73.1 Å². The zero-order chi connectivity index (χ0) is 32.0. The number of likely N-dealkylation sites (tertiary alicyclic amines) is 1. The normalized spacial score (nSPS) is 15.3. The summed E-state index contributed by atoms with van der Waals surface area (Å²) in [6.07, 6.45) is 7.77. The molecule has 0 radical (unpaired) electrons. The van der Waals surface area contributed by atoms with Crippen LogP contribution in [0, 0.1) is 0 Å². The van der Waals surface area contributed by atoms with Gasteiger partial charge >= 0.3 is 0 Å². The minimum atomic E-state index is -0.110. The van der Waals surface area contributed by atoms with E-state index in [-0.39, 0.29) is 11.3 Å². The highest BCUT2D eigenvalue weighted by molar-refractivity contribution is 5.76. The summed E-state index contributed by atoms with van der Waals surface area (Å²) in [6, 6.07) is 38.7. The van der Waals surface area contributed by atoms with Crippen LogP contribution in [0.2, 0.25) is 0 Å². The van der Waals surface area contributed by atoms with Crippen molar-refractivity contribution in [1.29, 1.82) is 0 Å². The van der Waals surface area contributed by atoms with Gasteiger partial charge in [-0.25, -0.2) is 0 Å². The lowest BCUT2D eigenvalue weighted by Gasteiger charge is -2.38. The minimum Gasteiger partial charge on any atom is -0.497 e. The van der Waals surface area contributed by atoms with Gasteiger partial charge in [0.15, 0.2) is 0 Å². The van der Waals surface area contributed by atoms with Crippen LogP contribution in [0.5, 0.6) is 11.5 Å². The van der Waals surface area contributed by atoms with Gasteiger partial charge in [0.05, 0.1) is 14.2 Å². The maximum Gasteiger partial charge on any atom is 0.220 e. The Balaban J connectivity index is 1.21. The molecule has 1 saturated heterocycles. The zero-order valence-electron chi connectivity index (χ0n) is 27.6. The highest BCUT2D eigenvalue weighted by atomic mass is 16.5. The summed E-state index contributed by atoms with van der Waals surface area (Å²) in [5, 5.41) is 3.21. The number of amides is 1. The van der Waals surface area contributed by atoms with E-state index in [9.17, 15) is 4.79 Å². The number of ether oxygens (including phenoxy) is 2. The first-order valence-electron chi connectivity index (χ1n) is 17.0. The lowest BCUT2D eigenvalue weighted by atomic mass is 9.68. The van der Waals surface area contributed by atoms with E-state index in [1.807, 2.05) is 24.3 Å². The first-order valence-corrected chi connectivity index (χ1v) is 17.0. The number of aryl methyl sites for hydroxylation is 1. The van der Waals surface area contributed by atoms with E-state index in [1.54, 1.807) is 14.2 Å². The molecular formula is C41H50N2O3. The molecule has 1 aliphatic heterocycles. The first-order chi connectivity index (χ1) is 22.6. The topological polar surface area (TPSA) is 50.8 Å². The van der Waals surface area contributed by atoms with Gasteiger partial charge in [-0.05, 0) is 110 Å². The van der Waals surface area contributed by atoms with Crippen LogP contribution < -0.4 is 14.8 Å². The van der Waals surface area contributed by atoms with E-state index < -0.39 is 0 Å². The van der Waals surface area contributed by atoms with Crippen LogP contribution >= 0.6 is 0 Å². The van der Waals surface area contributed by atoms with E-state index >= 15 is 0 Å². The Hall–Kier alpha value is -4.09. The number of piperidine rings is 1. The maximum absolute atomic E-state index is 12.8. The van der Waals surface area contributed by atoms with Crippen LogP contribution in [-0.4, -0.2) is 51.2 Å². The maximum atomic E-state index is 12.8. The van der Waals surface area contributed by atoms with Gasteiger partial charge in [-0.2, -0.15) is 0 Å². The zero-order valence-corrected chi connectivity index (χ0v) is 27.6. The van der Waals surface area contributed by atoms with E-state index in [0.717, 1.165) is 62.3 Å². The molecule has 0 aromatic heterocycles. The molecule has 1 amide bonds. The van der Waals surface area contributed by atoms with Crippen molar-refractivity contribution in [3.05, 3.63) is 131 Å². The van der Waals surface area contributed by atoms with Crippen LogP contribution in [0.25, 0.3) is 0 Å². The molecule has 1 fully saturated rings. The minimum absolute atomic E-state index is 0.109. The van der Waals surface area contributed by atoms with Crippen LogP contribution in [0.15, 0.2) is 109 Å². The Labute approximate surface area is 275 Å². The Morgan fingerprint density at radius 3 is 1.98 bits per heavy atom. The van der Waals surface area contributed by atoms with Crippen molar-refractivity contribution in [2.24, 2.45) is 0 Å². The third kappa shape index (κ3) is 9.01. The molecule has 0 spiro atoms. The summed E-state index contributed by atoms with van der Waals surface area (Å²) in [5.74, 6) is 2.43. The summed E-state index contributed by atoms with van der Waals surface area (Å²) in [5.41, 5.74) is 5.18. The molecule has 242 valence electrons. The number of nitrogens with one attached hydrogen (secondary N) is 1.